The van der Waals surface area contributed by atoms with Crippen molar-refractivity contribution >= 4 is 21.4 Å². The number of nitrogens with zero attached hydrogens (tertiary/aromatic N) is 3. The molecule has 0 amide bonds. The fraction of sp³-hybridized carbons (Fsp3) is 0.364. The van der Waals surface area contributed by atoms with Crippen LogP contribution in [-0.2, 0) is 22.1 Å². The lowest BCUT2D eigenvalue weighted by atomic mass is 9.86. The number of sulfone groups is 1. The highest BCUT2D eigenvalue weighted by atomic mass is 32.2. The second kappa shape index (κ2) is 9.67. The van der Waals surface area contributed by atoms with Gasteiger partial charge in [0.25, 0.3) is 0 Å². The van der Waals surface area contributed by atoms with Crippen LogP contribution in [0.5, 0.6) is 0 Å². The summed E-state index contributed by atoms with van der Waals surface area (Å²) in [6, 6.07) is 9.36. The molecule has 2 heterocycles. The van der Waals surface area contributed by atoms with Gasteiger partial charge in [0, 0.05) is 18.2 Å². The van der Waals surface area contributed by atoms with Gasteiger partial charge in [-0.3, -0.25) is 4.90 Å². The highest BCUT2D eigenvalue weighted by molar-refractivity contribution is 7.90. The maximum absolute atomic E-state index is 14.9. The topological polar surface area (TPSA) is 63.2 Å². The third-order valence-corrected chi connectivity index (χ3v) is 8.37. The molecule has 0 radical (unpaired) electrons. The minimum Gasteiger partial charge on any atom is -0.292 e. The maximum atomic E-state index is 14.9. The molecule has 2 atom stereocenters. The van der Waals surface area contributed by atoms with Gasteiger partial charge in [0.15, 0.2) is 9.84 Å². The van der Waals surface area contributed by atoms with Crippen LogP contribution in [0, 0.1) is 17.6 Å². The zero-order valence-electron chi connectivity index (χ0n) is 17.7. The van der Waals surface area contributed by atoms with Gasteiger partial charge in [0.1, 0.15) is 33.6 Å². The molecule has 0 bridgehead atoms. The van der Waals surface area contributed by atoms with Crippen molar-refractivity contribution in [2.75, 3.05) is 6.54 Å². The highest BCUT2D eigenvalue weighted by Crippen LogP contribution is 2.42. The molecule has 182 valence electrons. The lowest BCUT2D eigenvalue weighted by Gasteiger charge is -2.40. The number of piperidine rings is 1. The van der Waals surface area contributed by atoms with Crippen LogP contribution in [0.15, 0.2) is 53.7 Å². The first-order chi connectivity index (χ1) is 16.0. The van der Waals surface area contributed by atoms with E-state index in [1.807, 2.05) is 0 Å². The van der Waals surface area contributed by atoms with E-state index in [1.165, 1.54) is 6.33 Å². The molecule has 0 aliphatic carbocycles. The highest BCUT2D eigenvalue weighted by Gasteiger charge is 2.44. The van der Waals surface area contributed by atoms with Gasteiger partial charge in [-0.15, -0.1) is 0 Å². The third-order valence-electron chi connectivity index (χ3n) is 5.89. The average molecular weight is 518 g/mol. The lowest BCUT2D eigenvalue weighted by molar-refractivity contribution is -0.190. The summed E-state index contributed by atoms with van der Waals surface area (Å²) in [6.45, 7) is -0.133. The normalized spacial score (nSPS) is 19.9. The van der Waals surface area contributed by atoms with E-state index in [0.717, 1.165) is 17.6 Å². The summed E-state index contributed by atoms with van der Waals surface area (Å²) < 4.78 is 98.7. The first-order valence-corrected chi connectivity index (χ1v) is 12.8. The number of alkyl halides is 3. The molecule has 1 fully saturated rings. The zero-order chi connectivity index (χ0) is 24.5. The van der Waals surface area contributed by atoms with Crippen LogP contribution >= 0.6 is 11.5 Å². The molecular formula is C22H20F5N3O2S2. The Morgan fingerprint density at radius 2 is 1.82 bits per heavy atom. The fourth-order valence-corrected chi connectivity index (χ4v) is 6.35. The molecule has 1 saturated heterocycles. The Kier molecular flexibility index (Phi) is 7.02. The number of halogens is 5. The van der Waals surface area contributed by atoms with Gasteiger partial charge in [0.2, 0.25) is 0 Å². The second-order valence-electron chi connectivity index (χ2n) is 8.13. The van der Waals surface area contributed by atoms with Gasteiger partial charge in [-0.1, -0.05) is 30.3 Å². The summed E-state index contributed by atoms with van der Waals surface area (Å²) in [5.74, 6) is -4.18. The summed E-state index contributed by atoms with van der Waals surface area (Å²) in [4.78, 5) is 4.64. The van der Waals surface area contributed by atoms with Crippen molar-refractivity contribution in [3.63, 3.8) is 0 Å². The second-order valence-corrected chi connectivity index (χ2v) is 11.0. The Morgan fingerprint density at radius 1 is 1.09 bits per heavy atom. The first-order valence-electron chi connectivity index (χ1n) is 10.4. The van der Waals surface area contributed by atoms with Gasteiger partial charge in [-0.25, -0.2) is 22.2 Å². The molecule has 0 spiro atoms. The van der Waals surface area contributed by atoms with Crippen LogP contribution in [0.25, 0.3) is 0 Å². The molecule has 2 aromatic carbocycles. The van der Waals surface area contributed by atoms with Gasteiger partial charge in [-0.2, -0.15) is 17.5 Å². The standard InChI is InChI=1S/C22H20F5N3O2S2/c23-17-10-20(34(31,32)12-21-28-13-29-33-21)18(24)8-15(17)11-30-7-6-16(22(25,26)27)9-19(30)14-4-2-1-3-5-14/h1-5,8,10,13,16,19H,6-7,9,11-12H2/t16-,19+/m0/s1. The maximum Gasteiger partial charge on any atom is 0.391 e. The molecule has 4 rings (SSSR count). The van der Waals surface area contributed by atoms with Crippen molar-refractivity contribution in [1.29, 1.82) is 0 Å². The van der Waals surface area contributed by atoms with Crippen molar-refractivity contribution in [2.24, 2.45) is 5.92 Å². The molecule has 0 N–H and O–H groups in total. The quantitative estimate of drug-likeness (QED) is 0.415. The average Bonchev–Trinajstić information content (AvgIpc) is 3.28. The van der Waals surface area contributed by atoms with Crippen molar-refractivity contribution in [1.82, 2.24) is 14.3 Å². The molecule has 3 aromatic rings. The summed E-state index contributed by atoms with van der Waals surface area (Å²) in [5, 5.41) is 0.141. The summed E-state index contributed by atoms with van der Waals surface area (Å²) in [7, 11) is -4.21. The monoisotopic (exact) mass is 517 g/mol. The largest absolute Gasteiger partial charge is 0.391 e. The van der Waals surface area contributed by atoms with Crippen molar-refractivity contribution in [2.45, 2.75) is 42.3 Å². The third kappa shape index (κ3) is 5.44. The molecule has 0 unspecified atom stereocenters. The van der Waals surface area contributed by atoms with Gasteiger partial charge < -0.3 is 0 Å². The van der Waals surface area contributed by atoms with E-state index in [9.17, 15) is 30.4 Å². The summed E-state index contributed by atoms with van der Waals surface area (Å²) >= 11 is 0.838. The number of hydrogen-bond donors (Lipinski definition) is 0. The van der Waals surface area contributed by atoms with Crippen LogP contribution in [0.2, 0.25) is 0 Å². The Morgan fingerprint density at radius 3 is 2.47 bits per heavy atom. The zero-order valence-corrected chi connectivity index (χ0v) is 19.3. The minimum absolute atomic E-state index is 0.0297. The Labute approximate surface area is 197 Å². The fourth-order valence-electron chi connectivity index (χ4n) is 4.17. The van der Waals surface area contributed by atoms with Crippen LogP contribution in [0.4, 0.5) is 22.0 Å². The van der Waals surface area contributed by atoms with Crippen LogP contribution < -0.4 is 0 Å². The SMILES string of the molecule is O=S(=O)(Cc1ncns1)c1cc(F)c(CN2CC[C@H](C(F)(F)F)C[C@@H]2c2ccccc2)cc1F. The number of likely N-dealkylation sites (tertiary alicyclic amines) is 1. The first kappa shape index (κ1) is 24.7. The molecule has 1 aliphatic heterocycles. The smallest absolute Gasteiger partial charge is 0.292 e. The molecular weight excluding hydrogens is 497 g/mol. The van der Waals surface area contributed by atoms with E-state index in [2.05, 4.69) is 9.36 Å². The van der Waals surface area contributed by atoms with E-state index in [1.54, 1.807) is 35.2 Å². The molecule has 1 aliphatic rings. The molecule has 1 aromatic heterocycles. The lowest BCUT2D eigenvalue weighted by Crippen LogP contribution is -2.41. The van der Waals surface area contributed by atoms with Crippen LogP contribution in [-0.4, -0.2) is 35.4 Å². The Balaban J connectivity index is 1.60. The van der Waals surface area contributed by atoms with Crippen molar-refractivity contribution in [3.8, 4) is 0 Å². The van der Waals surface area contributed by atoms with E-state index in [-0.39, 0.29) is 36.5 Å². The van der Waals surface area contributed by atoms with E-state index >= 15 is 0 Å². The summed E-state index contributed by atoms with van der Waals surface area (Å²) in [6.07, 6.45) is -3.54. The van der Waals surface area contributed by atoms with E-state index in [0.29, 0.717) is 11.6 Å². The molecule has 12 heteroatoms. The van der Waals surface area contributed by atoms with Gasteiger partial charge in [-0.05, 0) is 48.6 Å². The van der Waals surface area contributed by atoms with Crippen molar-refractivity contribution < 1.29 is 30.4 Å². The van der Waals surface area contributed by atoms with Crippen LogP contribution in [0.1, 0.15) is 35.0 Å². The number of aromatic nitrogens is 2. The molecule has 0 saturated carbocycles. The van der Waals surface area contributed by atoms with Gasteiger partial charge in [0.05, 0.1) is 5.92 Å². The van der Waals surface area contributed by atoms with E-state index in [4.69, 9.17) is 0 Å². The Hall–Kier alpha value is -2.44. The van der Waals surface area contributed by atoms with Crippen molar-refractivity contribution in [3.05, 3.63) is 76.6 Å². The summed E-state index contributed by atoms with van der Waals surface area (Å²) in [5.41, 5.74) is 0.521. The van der Waals surface area contributed by atoms with Crippen LogP contribution in [0.3, 0.4) is 0 Å². The predicted molar refractivity (Wildman–Crippen MR) is 116 cm³/mol. The molecule has 5 nitrogen and oxygen atoms in total. The van der Waals surface area contributed by atoms with E-state index < -0.39 is 50.3 Å². The predicted octanol–water partition coefficient (Wildman–Crippen LogP) is 5.31. The molecule has 34 heavy (non-hydrogen) atoms. The number of hydrogen-bond acceptors (Lipinski definition) is 6. The minimum atomic E-state index is -4.35. The number of rotatable bonds is 6. The Bertz CT molecular complexity index is 1240. The number of benzene rings is 2. The van der Waals surface area contributed by atoms with Gasteiger partial charge >= 0.3 is 6.18 Å².